The van der Waals surface area contributed by atoms with Gasteiger partial charge in [0, 0.05) is 11.9 Å². The molecule has 0 fully saturated rings. The van der Waals surface area contributed by atoms with Crippen LogP contribution in [0.25, 0.3) is 0 Å². The Morgan fingerprint density at radius 1 is 1.44 bits per heavy atom. The molecule has 0 aliphatic carbocycles. The molecule has 0 unspecified atom stereocenters. The fourth-order valence-corrected chi connectivity index (χ4v) is 1.25. The lowest BCUT2D eigenvalue weighted by Crippen LogP contribution is -2.17. The highest BCUT2D eigenvalue weighted by Gasteiger charge is 1.84. The second kappa shape index (κ2) is 8.79. The number of nitrogens with one attached hydrogen (secondary N) is 1. The second-order valence-electron chi connectivity index (χ2n) is 1.79. The molecule has 0 aromatic rings. The molecule has 0 aromatic heterocycles. The Hall–Kier alpha value is 0.790. The second-order valence-corrected chi connectivity index (χ2v) is 3.56. The summed E-state index contributed by atoms with van der Waals surface area (Å²) in [7, 11) is 0. The molecule has 9 heavy (non-hydrogen) atoms. The Balaban J connectivity index is 2.60. The summed E-state index contributed by atoms with van der Waals surface area (Å²) >= 11 is 5.26. The maximum absolute atomic E-state index is 3.35. The SMILES string of the molecule is CSCCCNCCBr. The summed E-state index contributed by atoms with van der Waals surface area (Å²) in [6.07, 6.45) is 3.43. The van der Waals surface area contributed by atoms with E-state index in [-0.39, 0.29) is 0 Å². The van der Waals surface area contributed by atoms with Gasteiger partial charge in [-0.1, -0.05) is 15.9 Å². The highest BCUT2D eigenvalue weighted by atomic mass is 79.9. The van der Waals surface area contributed by atoms with E-state index in [9.17, 15) is 0 Å². The van der Waals surface area contributed by atoms with Crippen LogP contribution in [0.2, 0.25) is 0 Å². The molecule has 1 N–H and O–H groups in total. The molecule has 0 heterocycles. The zero-order chi connectivity index (χ0) is 6.95. The van der Waals surface area contributed by atoms with Crippen LogP contribution in [0.3, 0.4) is 0 Å². The van der Waals surface area contributed by atoms with Crippen LogP contribution in [0, 0.1) is 0 Å². The van der Waals surface area contributed by atoms with Gasteiger partial charge < -0.3 is 5.32 Å². The molecule has 3 heteroatoms. The molecule has 0 atom stereocenters. The fourth-order valence-electron chi connectivity index (χ4n) is 0.533. The number of hydrogen-bond acceptors (Lipinski definition) is 2. The van der Waals surface area contributed by atoms with E-state index in [0.717, 1.165) is 18.4 Å². The average molecular weight is 212 g/mol. The monoisotopic (exact) mass is 211 g/mol. The molecule has 0 spiro atoms. The number of alkyl halides is 1. The minimum Gasteiger partial charge on any atom is -0.316 e. The van der Waals surface area contributed by atoms with Gasteiger partial charge in [-0.2, -0.15) is 11.8 Å². The highest BCUT2D eigenvalue weighted by molar-refractivity contribution is 9.09. The first-order chi connectivity index (χ1) is 4.41. The largest absolute Gasteiger partial charge is 0.316 e. The minimum absolute atomic E-state index is 1.06. The maximum Gasteiger partial charge on any atom is 0.0157 e. The lowest BCUT2D eigenvalue weighted by atomic mass is 10.5. The Kier molecular flexibility index (Phi) is 9.56. The Labute approximate surface area is 70.1 Å². The minimum atomic E-state index is 1.06. The van der Waals surface area contributed by atoms with Gasteiger partial charge in [0.1, 0.15) is 0 Å². The molecular formula is C6H14BrNS. The molecule has 0 bridgehead atoms. The topological polar surface area (TPSA) is 12.0 Å². The molecule has 0 amide bonds. The molecule has 0 aromatic carbocycles. The third-order valence-electron chi connectivity index (χ3n) is 0.973. The predicted molar refractivity (Wildman–Crippen MR) is 49.7 cm³/mol. The molecule has 0 aliphatic rings. The van der Waals surface area contributed by atoms with Crippen molar-refractivity contribution in [2.24, 2.45) is 0 Å². The van der Waals surface area contributed by atoms with Crippen molar-refractivity contribution in [2.45, 2.75) is 6.42 Å². The van der Waals surface area contributed by atoms with Crippen molar-refractivity contribution < 1.29 is 0 Å². The first-order valence-electron chi connectivity index (χ1n) is 3.17. The first-order valence-corrected chi connectivity index (χ1v) is 5.69. The van der Waals surface area contributed by atoms with Gasteiger partial charge in [-0.15, -0.1) is 0 Å². The van der Waals surface area contributed by atoms with E-state index in [0.29, 0.717) is 0 Å². The summed E-state index contributed by atoms with van der Waals surface area (Å²) in [6, 6.07) is 0. The molecular weight excluding hydrogens is 198 g/mol. The van der Waals surface area contributed by atoms with E-state index in [2.05, 4.69) is 27.5 Å². The Morgan fingerprint density at radius 2 is 2.22 bits per heavy atom. The van der Waals surface area contributed by atoms with Gasteiger partial charge in [-0.05, 0) is 25.0 Å². The summed E-state index contributed by atoms with van der Waals surface area (Å²) in [4.78, 5) is 0. The quantitative estimate of drug-likeness (QED) is 0.531. The van der Waals surface area contributed by atoms with Crippen molar-refractivity contribution in [1.82, 2.24) is 5.32 Å². The van der Waals surface area contributed by atoms with Crippen molar-refractivity contribution >= 4 is 27.7 Å². The van der Waals surface area contributed by atoms with E-state index in [1.165, 1.54) is 12.2 Å². The summed E-state index contributed by atoms with van der Waals surface area (Å²) in [5.74, 6) is 1.27. The molecule has 0 saturated heterocycles. The van der Waals surface area contributed by atoms with Gasteiger partial charge in [-0.3, -0.25) is 0 Å². The Bertz CT molecular complexity index is 46.3. The summed E-state index contributed by atoms with van der Waals surface area (Å²) in [6.45, 7) is 2.25. The van der Waals surface area contributed by atoms with E-state index in [1.54, 1.807) is 0 Å². The molecule has 0 aliphatic heterocycles. The fraction of sp³-hybridized carbons (Fsp3) is 1.00. The van der Waals surface area contributed by atoms with Gasteiger partial charge in [-0.25, -0.2) is 0 Å². The van der Waals surface area contributed by atoms with Gasteiger partial charge in [0.15, 0.2) is 0 Å². The number of halogens is 1. The van der Waals surface area contributed by atoms with Gasteiger partial charge in [0.25, 0.3) is 0 Å². The van der Waals surface area contributed by atoms with Crippen LogP contribution >= 0.6 is 27.7 Å². The van der Waals surface area contributed by atoms with Crippen LogP contribution in [0.4, 0.5) is 0 Å². The molecule has 0 saturated carbocycles. The van der Waals surface area contributed by atoms with Gasteiger partial charge >= 0.3 is 0 Å². The van der Waals surface area contributed by atoms with Crippen molar-refractivity contribution in [2.75, 3.05) is 30.4 Å². The van der Waals surface area contributed by atoms with Crippen LogP contribution in [-0.4, -0.2) is 30.4 Å². The number of hydrogen-bond donors (Lipinski definition) is 1. The smallest absolute Gasteiger partial charge is 0.0157 e. The van der Waals surface area contributed by atoms with Crippen LogP contribution in [0.1, 0.15) is 6.42 Å². The van der Waals surface area contributed by atoms with E-state index in [1.807, 2.05) is 11.8 Å². The summed E-state index contributed by atoms with van der Waals surface area (Å²) in [5.41, 5.74) is 0. The standard InChI is InChI=1S/C6H14BrNS/c1-9-6-2-4-8-5-3-7/h8H,2-6H2,1H3. The summed E-state index contributed by atoms with van der Waals surface area (Å²) < 4.78 is 0. The van der Waals surface area contributed by atoms with Gasteiger partial charge in [0.2, 0.25) is 0 Å². The zero-order valence-electron chi connectivity index (χ0n) is 5.82. The van der Waals surface area contributed by atoms with Crippen molar-refractivity contribution in [3.8, 4) is 0 Å². The van der Waals surface area contributed by atoms with Crippen molar-refractivity contribution in [3.05, 3.63) is 0 Å². The van der Waals surface area contributed by atoms with Crippen LogP contribution < -0.4 is 5.32 Å². The zero-order valence-corrected chi connectivity index (χ0v) is 8.22. The van der Waals surface area contributed by atoms with Crippen LogP contribution in [0.15, 0.2) is 0 Å². The van der Waals surface area contributed by atoms with E-state index < -0.39 is 0 Å². The lowest BCUT2D eigenvalue weighted by molar-refractivity contribution is 0.713. The predicted octanol–water partition coefficient (Wildman–Crippen LogP) is 1.72. The maximum atomic E-state index is 3.35. The number of rotatable bonds is 6. The number of thioether (sulfide) groups is 1. The average Bonchev–Trinajstić information content (AvgIpc) is 1.89. The summed E-state index contributed by atoms with van der Waals surface area (Å²) in [5, 5.41) is 4.37. The molecule has 1 nitrogen and oxygen atoms in total. The molecule has 0 rings (SSSR count). The lowest BCUT2D eigenvalue weighted by Gasteiger charge is -1.99. The molecule has 56 valence electrons. The third kappa shape index (κ3) is 8.79. The normalized spacial score (nSPS) is 10.0. The van der Waals surface area contributed by atoms with Crippen LogP contribution in [0.5, 0.6) is 0 Å². The Morgan fingerprint density at radius 3 is 2.78 bits per heavy atom. The first kappa shape index (κ1) is 9.79. The van der Waals surface area contributed by atoms with E-state index >= 15 is 0 Å². The van der Waals surface area contributed by atoms with Crippen molar-refractivity contribution in [1.29, 1.82) is 0 Å². The van der Waals surface area contributed by atoms with Crippen molar-refractivity contribution in [3.63, 3.8) is 0 Å². The highest BCUT2D eigenvalue weighted by Crippen LogP contribution is 1.92. The van der Waals surface area contributed by atoms with Gasteiger partial charge in [0.05, 0.1) is 0 Å². The van der Waals surface area contributed by atoms with Crippen LogP contribution in [-0.2, 0) is 0 Å². The third-order valence-corrected chi connectivity index (χ3v) is 2.07. The van der Waals surface area contributed by atoms with E-state index in [4.69, 9.17) is 0 Å². The molecule has 0 radical (unpaired) electrons.